The zero-order valence-electron chi connectivity index (χ0n) is 6.58. The van der Waals surface area contributed by atoms with Crippen LogP contribution in [0.15, 0.2) is 39.5 Å². The van der Waals surface area contributed by atoms with E-state index >= 15 is 0 Å². The summed E-state index contributed by atoms with van der Waals surface area (Å²) in [5.74, 6) is 0.185. The first-order valence-electron chi connectivity index (χ1n) is 3.71. The van der Waals surface area contributed by atoms with Gasteiger partial charge in [0.25, 0.3) is 0 Å². The van der Waals surface area contributed by atoms with E-state index in [0.717, 1.165) is 0 Å². The smallest absolute Gasteiger partial charge is 0.244 e. The van der Waals surface area contributed by atoms with Crippen LogP contribution in [0.5, 0.6) is 0 Å². The number of aromatic nitrogens is 1. The molecule has 13 heavy (non-hydrogen) atoms. The normalized spacial score (nSPS) is 10.2. The van der Waals surface area contributed by atoms with Gasteiger partial charge < -0.3 is 9.40 Å². The number of rotatable bonds is 2. The minimum absolute atomic E-state index is 0.143. The summed E-state index contributed by atoms with van der Waals surface area (Å²) < 4.78 is 5.67. The summed E-state index contributed by atoms with van der Waals surface area (Å²) in [6.45, 7) is 0. The second-order valence-electron chi connectivity index (χ2n) is 2.52. The standard InChI is InChI=1S/C9H6BrNO2/c10-8-4-3-7(13-8)9(12)6-2-1-5-11-6/h1-5,11H. The highest BCUT2D eigenvalue weighted by molar-refractivity contribution is 9.10. The van der Waals surface area contributed by atoms with Crippen LogP contribution in [-0.2, 0) is 0 Å². The summed E-state index contributed by atoms with van der Waals surface area (Å²) in [5.41, 5.74) is 0.529. The lowest BCUT2D eigenvalue weighted by molar-refractivity contribution is 0.100. The van der Waals surface area contributed by atoms with Crippen molar-refractivity contribution in [3.63, 3.8) is 0 Å². The van der Waals surface area contributed by atoms with Crippen molar-refractivity contribution in [2.24, 2.45) is 0 Å². The molecule has 0 aliphatic rings. The Hall–Kier alpha value is -1.29. The number of nitrogens with one attached hydrogen (secondary N) is 1. The molecule has 2 aromatic heterocycles. The average Bonchev–Trinajstić information content (AvgIpc) is 2.72. The van der Waals surface area contributed by atoms with Crippen LogP contribution in [0, 0.1) is 0 Å². The van der Waals surface area contributed by atoms with Gasteiger partial charge in [0.15, 0.2) is 10.4 Å². The Labute approximate surface area is 82.9 Å². The Bertz CT molecular complexity index is 417. The molecule has 0 amide bonds. The van der Waals surface area contributed by atoms with Gasteiger partial charge in [-0.25, -0.2) is 0 Å². The van der Waals surface area contributed by atoms with E-state index in [0.29, 0.717) is 16.1 Å². The van der Waals surface area contributed by atoms with Crippen LogP contribution in [-0.4, -0.2) is 10.8 Å². The number of H-pyrrole nitrogens is 1. The molecule has 0 saturated carbocycles. The first-order chi connectivity index (χ1) is 6.27. The molecular weight excluding hydrogens is 234 g/mol. The number of aromatic amines is 1. The SMILES string of the molecule is O=C(c1ccc[nH]1)c1ccc(Br)o1. The predicted molar refractivity (Wildman–Crippen MR) is 50.6 cm³/mol. The van der Waals surface area contributed by atoms with Crippen LogP contribution in [0.25, 0.3) is 0 Å². The molecule has 0 saturated heterocycles. The van der Waals surface area contributed by atoms with Gasteiger partial charge in [-0.3, -0.25) is 4.79 Å². The highest BCUT2D eigenvalue weighted by atomic mass is 79.9. The molecule has 0 unspecified atom stereocenters. The summed E-state index contributed by atoms with van der Waals surface area (Å²) in [4.78, 5) is 14.4. The van der Waals surface area contributed by atoms with Gasteiger partial charge in [-0.05, 0) is 40.2 Å². The van der Waals surface area contributed by atoms with Crippen molar-refractivity contribution in [1.29, 1.82) is 0 Å². The van der Waals surface area contributed by atoms with E-state index in [1.54, 1.807) is 30.5 Å². The third kappa shape index (κ3) is 1.58. The van der Waals surface area contributed by atoms with Crippen LogP contribution in [0.3, 0.4) is 0 Å². The van der Waals surface area contributed by atoms with Crippen LogP contribution in [0.2, 0.25) is 0 Å². The van der Waals surface area contributed by atoms with Gasteiger partial charge in [-0.2, -0.15) is 0 Å². The number of carbonyl (C=O) groups is 1. The largest absolute Gasteiger partial charge is 0.446 e. The minimum atomic E-state index is -0.143. The van der Waals surface area contributed by atoms with E-state index in [2.05, 4.69) is 20.9 Å². The minimum Gasteiger partial charge on any atom is -0.446 e. The molecule has 0 fully saturated rings. The maximum atomic E-state index is 11.6. The molecule has 0 aliphatic heterocycles. The average molecular weight is 240 g/mol. The van der Waals surface area contributed by atoms with E-state index in [9.17, 15) is 4.79 Å². The lowest BCUT2D eigenvalue weighted by Crippen LogP contribution is -1.98. The molecule has 0 atom stereocenters. The Morgan fingerprint density at radius 2 is 2.23 bits per heavy atom. The Morgan fingerprint density at radius 1 is 1.38 bits per heavy atom. The monoisotopic (exact) mass is 239 g/mol. The molecule has 4 heteroatoms. The fourth-order valence-electron chi connectivity index (χ4n) is 1.04. The molecule has 0 spiro atoms. The van der Waals surface area contributed by atoms with Crippen LogP contribution < -0.4 is 0 Å². The van der Waals surface area contributed by atoms with Crippen LogP contribution in [0.4, 0.5) is 0 Å². The third-order valence-electron chi connectivity index (χ3n) is 1.64. The topological polar surface area (TPSA) is 46.0 Å². The highest BCUT2D eigenvalue weighted by Crippen LogP contribution is 2.16. The van der Waals surface area contributed by atoms with E-state index in [4.69, 9.17) is 4.42 Å². The van der Waals surface area contributed by atoms with E-state index in [-0.39, 0.29) is 5.78 Å². The molecule has 0 aliphatic carbocycles. The van der Waals surface area contributed by atoms with Gasteiger partial charge in [0.05, 0.1) is 5.69 Å². The number of furan rings is 1. The second-order valence-corrected chi connectivity index (χ2v) is 3.30. The lowest BCUT2D eigenvalue weighted by atomic mass is 10.2. The van der Waals surface area contributed by atoms with Crippen LogP contribution in [0.1, 0.15) is 16.2 Å². The summed E-state index contributed by atoms with van der Waals surface area (Å²) in [6.07, 6.45) is 1.70. The molecule has 2 heterocycles. The van der Waals surface area contributed by atoms with Crippen molar-refractivity contribution in [3.05, 3.63) is 46.6 Å². The van der Waals surface area contributed by atoms with Crippen molar-refractivity contribution in [2.75, 3.05) is 0 Å². The van der Waals surface area contributed by atoms with Gasteiger partial charge in [-0.1, -0.05) is 0 Å². The number of halogens is 1. The Kier molecular flexibility index (Phi) is 2.06. The van der Waals surface area contributed by atoms with Crippen molar-refractivity contribution in [1.82, 2.24) is 4.98 Å². The van der Waals surface area contributed by atoms with E-state index in [1.165, 1.54) is 0 Å². The highest BCUT2D eigenvalue weighted by Gasteiger charge is 2.12. The fraction of sp³-hybridized carbons (Fsp3) is 0. The number of carbonyl (C=O) groups excluding carboxylic acids is 1. The van der Waals surface area contributed by atoms with Gasteiger partial charge >= 0.3 is 0 Å². The van der Waals surface area contributed by atoms with Crippen molar-refractivity contribution >= 4 is 21.7 Å². The first kappa shape index (κ1) is 8.31. The van der Waals surface area contributed by atoms with Crippen molar-refractivity contribution < 1.29 is 9.21 Å². The molecule has 2 rings (SSSR count). The molecular formula is C9H6BrNO2. The Morgan fingerprint density at radius 3 is 2.77 bits per heavy atom. The molecule has 3 nitrogen and oxygen atoms in total. The summed E-state index contributed by atoms with van der Waals surface area (Å²) in [7, 11) is 0. The molecule has 2 aromatic rings. The summed E-state index contributed by atoms with van der Waals surface area (Å²) in [5, 5.41) is 0. The third-order valence-corrected chi connectivity index (χ3v) is 2.07. The fourth-order valence-corrected chi connectivity index (χ4v) is 1.35. The molecule has 0 aromatic carbocycles. The van der Waals surface area contributed by atoms with Gasteiger partial charge in [0.2, 0.25) is 5.78 Å². The quantitative estimate of drug-likeness (QED) is 0.820. The number of ketones is 1. The maximum Gasteiger partial charge on any atom is 0.244 e. The van der Waals surface area contributed by atoms with Crippen LogP contribution >= 0.6 is 15.9 Å². The molecule has 1 N–H and O–H groups in total. The zero-order chi connectivity index (χ0) is 9.26. The first-order valence-corrected chi connectivity index (χ1v) is 4.50. The number of hydrogen-bond acceptors (Lipinski definition) is 2. The molecule has 0 radical (unpaired) electrons. The van der Waals surface area contributed by atoms with Crippen molar-refractivity contribution in [3.8, 4) is 0 Å². The zero-order valence-corrected chi connectivity index (χ0v) is 8.17. The Balaban J connectivity index is 2.33. The van der Waals surface area contributed by atoms with Gasteiger partial charge in [-0.15, -0.1) is 0 Å². The van der Waals surface area contributed by atoms with Gasteiger partial charge in [0, 0.05) is 6.20 Å². The van der Waals surface area contributed by atoms with E-state index in [1.807, 2.05) is 0 Å². The summed E-state index contributed by atoms with van der Waals surface area (Å²) >= 11 is 3.13. The summed E-state index contributed by atoms with van der Waals surface area (Å²) in [6, 6.07) is 6.80. The molecule has 66 valence electrons. The van der Waals surface area contributed by atoms with Gasteiger partial charge in [0.1, 0.15) is 0 Å². The second kappa shape index (κ2) is 3.22. The molecule has 0 bridgehead atoms. The maximum absolute atomic E-state index is 11.6. The van der Waals surface area contributed by atoms with E-state index < -0.39 is 0 Å². The number of hydrogen-bond donors (Lipinski definition) is 1. The lowest BCUT2D eigenvalue weighted by Gasteiger charge is -1.91. The van der Waals surface area contributed by atoms with Crippen molar-refractivity contribution in [2.45, 2.75) is 0 Å². The predicted octanol–water partition coefficient (Wildman–Crippen LogP) is 2.60.